The maximum atomic E-state index is 15.4. The molecule has 4 heterocycles. The van der Waals surface area contributed by atoms with Gasteiger partial charge in [-0.05, 0) is 29.9 Å². The second-order valence-electron chi connectivity index (χ2n) is 10.1. The van der Waals surface area contributed by atoms with Gasteiger partial charge in [-0.15, -0.1) is 0 Å². The average molecular weight is 487 g/mol. The van der Waals surface area contributed by atoms with Gasteiger partial charge >= 0.3 is 0 Å². The number of carbonyl (C=O) groups excluding carboxylic acids is 1. The highest BCUT2D eigenvalue weighted by molar-refractivity contribution is 5.98. The van der Waals surface area contributed by atoms with Crippen molar-refractivity contribution >= 4 is 28.3 Å². The Balaban J connectivity index is 1.31. The number of halogens is 1. The van der Waals surface area contributed by atoms with Gasteiger partial charge in [-0.25, -0.2) is 9.37 Å². The summed E-state index contributed by atoms with van der Waals surface area (Å²) >= 11 is 0. The Morgan fingerprint density at radius 3 is 2.72 bits per heavy atom. The van der Waals surface area contributed by atoms with Gasteiger partial charge in [-0.2, -0.15) is 10.2 Å². The summed E-state index contributed by atoms with van der Waals surface area (Å²) in [4.78, 5) is 22.1. The molecule has 36 heavy (non-hydrogen) atoms. The van der Waals surface area contributed by atoms with Gasteiger partial charge in [0.1, 0.15) is 5.82 Å². The fraction of sp³-hybridized carbons (Fsp3) is 0.346. The standard InChI is InChI=1S/C26H27FN8O/c1-12(2)20-24(27)14(4)22(16-7-29-33-25(16)20)17-10-35-11-18(31-19(35)8-28-17)32-26(36)23-13(3)21(23)15-6-30-34(5)9-15/h6-13,21,23H,1-5H3,(H,29,33)(H,32,36)/t13-,21+,23-/m0/s1. The highest BCUT2D eigenvalue weighted by Crippen LogP contribution is 2.54. The van der Waals surface area contributed by atoms with Crippen molar-refractivity contribution in [3.05, 3.63) is 59.7 Å². The number of aryl methyl sites for hydroxylation is 1. The van der Waals surface area contributed by atoms with Crippen LogP contribution in [0.15, 0.2) is 37.2 Å². The summed E-state index contributed by atoms with van der Waals surface area (Å²) in [6.45, 7) is 7.77. The van der Waals surface area contributed by atoms with Gasteiger partial charge in [-0.3, -0.25) is 19.6 Å². The largest absolute Gasteiger partial charge is 0.309 e. The van der Waals surface area contributed by atoms with Gasteiger partial charge in [0.05, 0.1) is 36.0 Å². The van der Waals surface area contributed by atoms with Crippen molar-refractivity contribution in [3.8, 4) is 11.3 Å². The van der Waals surface area contributed by atoms with E-state index in [-0.39, 0.29) is 35.4 Å². The predicted molar refractivity (Wildman–Crippen MR) is 134 cm³/mol. The molecule has 6 rings (SSSR count). The van der Waals surface area contributed by atoms with Crippen LogP contribution in [-0.4, -0.2) is 40.3 Å². The number of amides is 1. The first-order chi connectivity index (χ1) is 17.2. The summed E-state index contributed by atoms with van der Waals surface area (Å²) in [5.41, 5.74) is 4.78. The Bertz CT molecular complexity index is 1640. The van der Waals surface area contributed by atoms with Crippen molar-refractivity contribution in [2.45, 2.75) is 39.5 Å². The van der Waals surface area contributed by atoms with E-state index in [9.17, 15) is 4.79 Å². The first-order valence-electron chi connectivity index (χ1n) is 12.0. The van der Waals surface area contributed by atoms with E-state index in [1.165, 1.54) is 0 Å². The van der Waals surface area contributed by atoms with E-state index in [2.05, 4.69) is 37.5 Å². The zero-order valence-corrected chi connectivity index (χ0v) is 20.7. The zero-order chi connectivity index (χ0) is 25.3. The Labute approximate surface area is 206 Å². The van der Waals surface area contributed by atoms with Crippen LogP contribution >= 0.6 is 0 Å². The molecule has 4 aromatic heterocycles. The second-order valence-corrected chi connectivity index (χ2v) is 10.1. The highest BCUT2D eigenvalue weighted by atomic mass is 19.1. The van der Waals surface area contributed by atoms with E-state index in [1.807, 2.05) is 33.3 Å². The molecule has 2 N–H and O–H groups in total. The SMILES string of the molecule is Cc1c(F)c(C(C)C)c2[nH]ncc2c1-c1cn2cc(NC(=O)[C@H]3[C@@H](C)[C@@H]3c3cnn(C)c3)nc2cn1. The minimum absolute atomic E-state index is 0.00268. The Hall–Kier alpha value is -4.08. The summed E-state index contributed by atoms with van der Waals surface area (Å²) in [6.07, 6.45) is 10.7. The molecule has 0 aliphatic heterocycles. The molecule has 9 nitrogen and oxygen atoms in total. The molecule has 0 bridgehead atoms. The predicted octanol–water partition coefficient (Wildman–Crippen LogP) is 4.57. The zero-order valence-electron chi connectivity index (χ0n) is 20.7. The lowest BCUT2D eigenvalue weighted by Crippen LogP contribution is -2.15. The van der Waals surface area contributed by atoms with Crippen LogP contribution in [0.4, 0.5) is 10.2 Å². The van der Waals surface area contributed by atoms with Gasteiger partial charge in [0, 0.05) is 47.8 Å². The molecule has 1 aromatic carbocycles. The minimum Gasteiger partial charge on any atom is -0.309 e. The van der Waals surface area contributed by atoms with Crippen LogP contribution in [-0.2, 0) is 11.8 Å². The van der Waals surface area contributed by atoms with Crippen molar-refractivity contribution in [1.82, 2.24) is 34.3 Å². The maximum Gasteiger partial charge on any atom is 0.229 e. The molecule has 1 amide bonds. The number of nitrogens with one attached hydrogen (secondary N) is 2. The summed E-state index contributed by atoms with van der Waals surface area (Å²) in [5.74, 6) is 0.426. The maximum absolute atomic E-state index is 15.4. The molecular formula is C26H27FN8O. The van der Waals surface area contributed by atoms with Crippen molar-refractivity contribution in [3.63, 3.8) is 0 Å². The van der Waals surface area contributed by atoms with E-state index in [0.29, 0.717) is 39.4 Å². The molecule has 0 radical (unpaired) electrons. The van der Waals surface area contributed by atoms with Crippen molar-refractivity contribution in [2.75, 3.05) is 5.32 Å². The molecule has 1 aliphatic rings. The number of nitrogens with zero attached hydrogens (tertiary/aromatic N) is 6. The van der Waals surface area contributed by atoms with Crippen LogP contribution in [0.2, 0.25) is 0 Å². The molecule has 0 unspecified atom stereocenters. The number of imidazole rings is 1. The van der Waals surface area contributed by atoms with Crippen molar-refractivity contribution in [1.29, 1.82) is 0 Å². The number of carbonyl (C=O) groups is 1. The second kappa shape index (κ2) is 7.97. The van der Waals surface area contributed by atoms with Crippen LogP contribution in [0.5, 0.6) is 0 Å². The molecular weight excluding hydrogens is 459 g/mol. The third-order valence-corrected chi connectivity index (χ3v) is 7.34. The molecule has 184 valence electrons. The van der Waals surface area contributed by atoms with Crippen LogP contribution in [0, 0.1) is 24.6 Å². The van der Waals surface area contributed by atoms with Gasteiger partial charge in [0.2, 0.25) is 5.91 Å². The van der Waals surface area contributed by atoms with E-state index < -0.39 is 0 Å². The third-order valence-electron chi connectivity index (χ3n) is 7.34. The molecule has 10 heteroatoms. The Morgan fingerprint density at radius 1 is 1.19 bits per heavy atom. The fourth-order valence-electron chi connectivity index (χ4n) is 5.46. The van der Waals surface area contributed by atoms with Gasteiger partial charge < -0.3 is 9.72 Å². The molecule has 1 saturated carbocycles. The quantitative estimate of drug-likeness (QED) is 0.379. The first-order valence-corrected chi connectivity index (χ1v) is 12.0. The number of benzene rings is 1. The summed E-state index contributed by atoms with van der Waals surface area (Å²) in [7, 11) is 1.87. The summed E-state index contributed by atoms with van der Waals surface area (Å²) in [6, 6.07) is 0. The number of fused-ring (bicyclic) bond motifs is 2. The van der Waals surface area contributed by atoms with Crippen LogP contribution in [0.25, 0.3) is 27.8 Å². The number of anilines is 1. The van der Waals surface area contributed by atoms with Crippen molar-refractivity contribution in [2.24, 2.45) is 18.9 Å². The number of rotatable bonds is 5. The van der Waals surface area contributed by atoms with Crippen molar-refractivity contribution < 1.29 is 9.18 Å². The van der Waals surface area contributed by atoms with Crippen LogP contribution < -0.4 is 5.32 Å². The molecule has 0 saturated heterocycles. The molecule has 3 atom stereocenters. The number of hydrogen-bond donors (Lipinski definition) is 2. The first kappa shape index (κ1) is 22.4. The van der Waals surface area contributed by atoms with E-state index >= 15 is 4.39 Å². The minimum atomic E-state index is -0.251. The van der Waals surface area contributed by atoms with Gasteiger partial charge in [-0.1, -0.05) is 20.8 Å². The third kappa shape index (κ3) is 3.39. The fourth-order valence-corrected chi connectivity index (χ4v) is 5.46. The normalized spacial score (nSPS) is 19.5. The van der Waals surface area contributed by atoms with Gasteiger partial charge in [0.25, 0.3) is 0 Å². The monoisotopic (exact) mass is 486 g/mol. The number of hydrogen-bond acceptors (Lipinski definition) is 5. The number of aromatic amines is 1. The average Bonchev–Trinajstić information content (AvgIpc) is 3.24. The van der Waals surface area contributed by atoms with Crippen LogP contribution in [0.1, 0.15) is 49.3 Å². The lowest BCUT2D eigenvalue weighted by molar-refractivity contribution is -0.117. The van der Waals surface area contributed by atoms with E-state index in [0.717, 1.165) is 10.9 Å². The lowest BCUT2D eigenvalue weighted by atomic mass is 9.92. The summed E-state index contributed by atoms with van der Waals surface area (Å²) < 4.78 is 18.9. The summed E-state index contributed by atoms with van der Waals surface area (Å²) in [5, 5.41) is 15.1. The number of H-pyrrole nitrogens is 1. The lowest BCUT2D eigenvalue weighted by Gasteiger charge is -2.15. The van der Waals surface area contributed by atoms with Crippen LogP contribution in [0.3, 0.4) is 0 Å². The molecule has 5 aromatic rings. The Morgan fingerprint density at radius 2 is 2.00 bits per heavy atom. The number of aromatic nitrogens is 7. The smallest absolute Gasteiger partial charge is 0.229 e. The highest BCUT2D eigenvalue weighted by Gasteiger charge is 2.53. The van der Waals surface area contributed by atoms with E-state index in [1.54, 1.807) is 40.8 Å². The molecule has 1 aliphatic carbocycles. The molecule has 1 fully saturated rings. The van der Waals surface area contributed by atoms with E-state index in [4.69, 9.17) is 0 Å². The van der Waals surface area contributed by atoms with Gasteiger partial charge in [0.15, 0.2) is 11.5 Å². The topological polar surface area (TPSA) is 106 Å². The molecule has 0 spiro atoms. The Kier molecular flexibility index (Phi) is 4.96.